The maximum atomic E-state index is 14.4. The molecular weight excluding hydrogens is 597 g/mol. The average molecular weight is 648 g/mol. The van der Waals surface area contributed by atoms with Crippen molar-refractivity contribution in [2.24, 2.45) is 16.7 Å². The van der Waals surface area contributed by atoms with Gasteiger partial charge in [-0.15, -0.1) is 10.2 Å². The molecule has 3 saturated heterocycles. The Morgan fingerprint density at radius 1 is 1.11 bits per heavy atom. The molecule has 5 aliphatic rings. The first-order valence-corrected chi connectivity index (χ1v) is 17.7. The molecule has 1 aromatic carbocycles. The van der Waals surface area contributed by atoms with Crippen molar-refractivity contribution >= 4 is 17.6 Å². The van der Waals surface area contributed by atoms with Crippen LogP contribution in [0, 0.1) is 22.6 Å². The van der Waals surface area contributed by atoms with Gasteiger partial charge < -0.3 is 24.8 Å². The molecule has 0 atom stereocenters. The molecule has 254 valence electrons. The van der Waals surface area contributed by atoms with Crippen LogP contribution in [0.15, 0.2) is 24.5 Å². The summed E-state index contributed by atoms with van der Waals surface area (Å²) >= 11 is 0. The Balaban J connectivity index is 0.949. The molecule has 5 fully saturated rings. The predicted molar refractivity (Wildman–Crippen MR) is 177 cm³/mol. The van der Waals surface area contributed by atoms with E-state index in [1.807, 2.05) is 18.7 Å². The van der Waals surface area contributed by atoms with Crippen molar-refractivity contribution in [3.8, 4) is 11.6 Å². The Labute approximate surface area is 277 Å². The zero-order valence-electron chi connectivity index (χ0n) is 28.4. The van der Waals surface area contributed by atoms with Gasteiger partial charge in [-0.25, -0.2) is 9.37 Å². The molecule has 2 amide bonds. The lowest BCUT2D eigenvalue weighted by molar-refractivity contribution is -0.126. The van der Waals surface area contributed by atoms with E-state index in [0.717, 1.165) is 84.1 Å². The molecule has 11 heteroatoms. The highest BCUT2D eigenvalue weighted by atomic mass is 19.1. The van der Waals surface area contributed by atoms with Crippen molar-refractivity contribution < 1.29 is 18.7 Å². The lowest BCUT2D eigenvalue weighted by Gasteiger charge is -2.54. The maximum Gasteiger partial charge on any atom is 0.282 e. The van der Waals surface area contributed by atoms with Gasteiger partial charge in [-0.2, -0.15) is 0 Å². The van der Waals surface area contributed by atoms with Gasteiger partial charge in [-0.3, -0.25) is 9.59 Å². The SMILES string of the molecule is CC(C)N(C(=O)c1cc(F)ccc1Oc1nncnc1N1CC2(CCN(C[C@H]3CC[C@]4(CC3)CC(C)(C)C(=O)N4)CC2)C1)C1CCC1. The average Bonchev–Trinajstić information content (AvgIpc) is 3.23. The summed E-state index contributed by atoms with van der Waals surface area (Å²) in [6, 6.07) is 4.23. The zero-order valence-corrected chi connectivity index (χ0v) is 28.4. The van der Waals surface area contributed by atoms with E-state index in [1.54, 1.807) is 0 Å². The van der Waals surface area contributed by atoms with Crippen LogP contribution in [0.2, 0.25) is 0 Å². The minimum absolute atomic E-state index is 0.00932. The standard InChI is InChI=1S/C36H50FN7O3/c1-24(2)44(27-6-5-7-27)32(45)28-18-26(37)8-9-29(28)47-31-30(38-23-39-41-31)43-21-35(22-43)14-16-42(17-15-35)19-25-10-12-36(13-11-25)20-34(3,4)33(46)40-36/h8-9,18,23-25,27H,5-7,10-17,19-22H2,1-4H3,(H,40,46)/t25-,36-. The fraction of sp³-hybridized carbons (Fsp3) is 0.694. The van der Waals surface area contributed by atoms with Crippen LogP contribution in [-0.2, 0) is 4.79 Å². The van der Waals surface area contributed by atoms with E-state index in [0.29, 0.717) is 11.7 Å². The first-order valence-electron chi connectivity index (χ1n) is 17.7. The second-order valence-corrected chi connectivity index (χ2v) is 16.1. The Morgan fingerprint density at radius 2 is 1.83 bits per heavy atom. The van der Waals surface area contributed by atoms with Crippen LogP contribution in [-0.4, -0.2) is 87.1 Å². The Kier molecular flexibility index (Phi) is 8.42. The Hall–Kier alpha value is -3.34. The number of rotatable bonds is 8. The second kappa shape index (κ2) is 12.3. The van der Waals surface area contributed by atoms with Crippen LogP contribution >= 0.6 is 0 Å². The summed E-state index contributed by atoms with van der Waals surface area (Å²) in [5.41, 5.74) is 0.216. The van der Waals surface area contributed by atoms with Gasteiger partial charge in [0.2, 0.25) is 5.91 Å². The van der Waals surface area contributed by atoms with Crippen LogP contribution in [0.1, 0.15) is 102 Å². The number of amides is 2. The number of aromatic nitrogens is 3. The highest BCUT2D eigenvalue weighted by Gasteiger charge is 2.51. The lowest BCUT2D eigenvalue weighted by atomic mass is 9.70. The van der Waals surface area contributed by atoms with Crippen LogP contribution in [0.4, 0.5) is 10.2 Å². The maximum absolute atomic E-state index is 14.4. The van der Waals surface area contributed by atoms with Gasteiger partial charge in [0.15, 0.2) is 5.82 Å². The van der Waals surface area contributed by atoms with Gasteiger partial charge in [0.1, 0.15) is 17.9 Å². The normalized spacial score (nSPS) is 27.1. The number of ether oxygens (including phenoxy) is 1. The van der Waals surface area contributed by atoms with Gasteiger partial charge in [0.05, 0.1) is 5.56 Å². The molecule has 0 bridgehead atoms. The number of carbonyl (C=O) groups excluding carboxylic acids is 2. The van der Waals surface area contributed by atoms with Gasteiger partial charge in [-0.05, 0) is 115 Å². The van der Waals surface area contributed by atoms with Crippen molar-refractivity contribution in [1.29, 1.82) is 0 Å². The van der Waals surface area contributed by atoms with Crippen LogP contribution in [0.25, 0.3) is 0 Å². The minimum atomic E-state index is -0.481. The summed E-state index contributed by atoms with van der Waals surface area (Å²) in [6.45, 7) is 13.2. The summed E-state index contributed by atoms with van der Waals surface area (Å²) in [5.74, 6) is 1.31. The van der Waals surface area contributed by atoms with Gasteiger partial charge in [0, 0.05) is 48.1 Å². The molecule has 3 aliphatic heterocycles. The third-order valence-electron chi connectivity index (χ3n) is 11.8. The summed E-state index contributed by atoms with van der Waals surface area (Å²) in [4.78, 5) is 37.4. The lowest BCUT2D eigenvalue weighted by Crippen LogP contribution is -2.61. The number of piperidine rings is 1. The summed E-state index contributed by atoms with van der Waals surface area (Å²) in [7, 11) is 0. The molecule has 0 unspecified atom stereocenters. The summed E-state index contributed by atoms with van der Waals surface area (Å²) in [6.07, 6.45) is 12.3. The highest BCUT2D eigenvalue weighted by molar-refractivity contribution is 5.97. The number of hydrogen-bond acceptors (Lipinski definition) is 8. The van der Waals surface area contributed by atoms with Crippen molar-refractivity contribution in [2.45, 2.75) is 110 Å². The van der Waals surface area contributed by atoms with Crippen molar-refractivity contribution in [3.63, 3.8) is 0 Å². The fourth-order valence-electron chi connectivity index (χ4n) is 8.93. The monoisotopic (exact) mass is 647 g/mol. The number of likely N-dealkylation sites (tertiary alicyclic amines) is 1. The number of hydrogen-bond donors (Lipinski definition) is 1. The molecule has 0 radical (unpaired) electrons. The first-order chi connectivity index (χ1) is 22.4. The van der Waals surface area contributed by atoms with E-state index in [2.05, 4.69) is 44.1 Å². The molecule has 10 nitrogen and oxygen atoms in total. The number of benzene rings is 1. The Bertz CT molecular complexity index is 1490. The number of carbonyl (C=O) groups is 2. The molecule has 1 N–H and O–H groups in total. The third-order valence-corrected chi connectivity index (χ3v) is 11.8. The van der Waals surface area contributed by atoms with Crippen LogP contribution < -0.4 is 15.0 Å². The topological polar surface area (TPSA) is 104 Å². The molecule has 7 rings (SSSR count). The van der Waals surface area contributed by atoms with Crippen LogP contribution in [0.5, 0.6) is 11.6 Å². The quantitative estimate of drug-likeness (QED) is 0.396. The van der Waals surface area contributed by atoms with Crippen molar-refractivity contribution in [2.75, 3.05) is 37.6 Å². The van der Waals surface area contributed by atoms with Crippen molar-refractivity contribution in [3.05, 3.63) is 35.9 Å². The van der Waals surface area contributed by atoms with Gasteiger partial charge in [0.25, 0.3) is 11.8 Å². The molecule has 2 spiro atoms. The number of nitrogens with one attached hydrogen (secondary N) is 1. The molecule has 4 heterocycles. The van der Waals surface area contributed by atoms with E-state index in [1.165, 1.54) is 37.4 Å². The number of nitrogens with zero attached hydrogens (tertiary/aromatic N) is 6. The minimum Gasteiger partial charge on any atom is -0.434 e. The largest absolute Gasteiger partial charge is 0.434 e. The molecule has 2 saturated carbocycles. The molecule has 2 aromatic rings. The number of halogens is 1. The predicted octanol–water partition coefficient (Wildman–Crippen LogP) is 5.58. The number of anilines is 1. The zero-order chi connectivity index (χ0) is 33.0. The fourth-order valence-corrected chi connectivity index (χ4v) is 8.93. The highest BCUT2D eigenvalue weighted by Crippen LogP contribution is 2.47. The van der Waals surface area contributed by atoms with Crippen LogP contribution in [0.3, 0.4) is 0 Å². The summed E-state index contributed by atoms with van der Waals surface area (Å²) in [5, 5.41) is 11.6. The first kappa shape index (κ1) is 32.2. The smallest absolute Gasteiger partial charge is 0.282 e. The van der Waals surface area contributed by atoms with E-state index in [-0.39, 0.29) is 57.5 Å². The van der Waals surface area contributed by atoms with E-state index in [4.69, 9.17) is 4.74 Å². The summed E-state index contributed by atoms with van der Waals surface area (Å²) < 4.78 is 20.7. The molecule has 47 heavy (non-hydrogen) atoms. The van der Waals surface area contributed by atoms with Gasteiger partial charge >= 0.3 is 0 Å². The van der Waals surface area contributed by atoms with Crippen molar-refractivity contribution in [1.82, 2.24) is 30.3 Å². The molecule has 1 aromatic heterocycles. The molecular formula is C36H50FN7O3. The molecule has 2 aliphatic carbocycles. The third kappa shape index (κ3) is 6.32. The van der Waals surface area contributed by atoms with E-state index in [9.17, 15) is 14.0 Å². The van der Waals surface area contributed by atoms with E-state index >= 15 is 0 Å². The second-order valence-electron chi connectivity index (χ2n) is 16.1. The van der Waals surface area contributed by atoms with E-state index < -0.39 is 5.82 Å². The Morgan fingerprint density at radius 3 is 2.45 bits per heavy atom. The van der Waals surface area contributed by atoms with Gasteiger partial charge in [-0.1, -0.05) is 13.8 Å².